The molecule has 118 valence electrons. The molecule has 0 unspecified atom stereocenters. The summed E-state index contributed by atoms with van der Waals surface area (Å²) in [6.45, 7) is 5.14. The van der Waals surface area contributed by atoms with Gasteiger partial charge in [-0.3, -0.25) is 0 Å². The van der Waals surface area contributed by atoms with Gasteiger partial charge in [0.2, 0.25) is 0 Å². The number of rotatable bonds is 6. The van der Waals surface area contributed by atoms with Gasteiger partial charge in [0.15, 0.2) is 0 Å². The van der Waals surface area contributed by atoms with E-state index in [4.69, 9.17) is 0 Å². The second-order valence-corrected chi connectivity index (χ2v) is 5.67. The fourth-order valence-corrected chi connectivity index (χ4v) is 2.15. The van der Waals surface area contributed by atoms with Gasteiger partial charge < -0.3 is 15.2 Å². The third kappa shape index (κ3) is 4.58. The predicted octanol–water partition coefficient (Wildman–Crippen LogP) is 2.65. The van der Waals surface area contributed by atoms with Gasteiger partial charge in [-0.05, 0) is 38.0 Å². The lowest BCUT2D eigenvalue weighted by Gasteiger charge is -2.27. The first-order valence-electron chi connectivity index (χ1n) is 7.25. The number of imidazole rings is 1. The van der Waals surface area contributed by atoms with E-state index < -0.39 is 5.54 Å². The van der Waals surface area contributed by atoms with Crippen LogP contribution < -0.4 is 10.6 Å². The van der Waals surface area contributed by atoms with Crippen molar-refractivity contribution >= 4 is 6.03 Å². The summed E-state index contributed by atoms with van der Waals surface area (Å²) in [5.74, 6) is -0.288. The molecule has 2 aromatic rings. The van der Waals surface area contributed by atoms with Crippen LogP contribution in [-0.4, -0.2) is 22.1 Å². The predicted molar refractivity (Wildman–Crippen MR) is 82.8 cm³/mol. The summed E-state index contributed by atoms with van der Waals surface area (Å²) < 4.78 is 14.9. The number of aryl methyl sites for hydroxylation is 1. The first-order valence-corrected chi connectivity index (χ1v) is 7.25. The smallest absolute Gasteiger partial charge is 0.315 e. The van der Waals surface area contributed by atoms with Crippen LogP contribution in [0, 0.1) is 5.82 Å². The largest absolute Gasteiger partial charge is 0.338 e. The van der Waals surface area contributed by atoms with Crippen molar-refractivity contribution in [2.75, 3.05) is 6.54 Å². The van der Waals surface area contributed by atoms with Gasteiger partial charge in [0.25, 0.3) is 0 Å². The Morgan fingerprint density at radius 2 is 2.05 bits per heavy atom. The molecule has 2 amide bonds. The molecular weight excluding hydrogens is 283 g/mol. The van der Waals surface area contributed by atoms with E-state index in [2.05, 4.69) is 15.6 Å². The van der Waals surface area contributed by atoms with E-state index in [1.54, 1.807) is 24.7 Å². The number of hydrogen-bond acceptors (Lipinski definition) is 2. The molecule has 1 aromatic carbocycles. The first kappa shape index (κ1) is 16.0. The van der Waals surface area contributed by atoms with E-state index in [0.717, 1.165) is 18.5 Å². The molecule has 2 rings (SSSR count). The average molecular weight is 304 g/mol. The van der Waals surface area contributed by atoms with Gasteiger partial charge in [-0.15, -0.1) is 0 Å². The van der Waals surface area contributed by atoms with Crippen molar-refractivity contribution in [1.82, 2.24) is 20.2 Å². The highest BCUT2D eigenvalue weighted by Gasteiger charge is 2.22. The SMILES string of the molecule is CC(C)(NC(=O)NCCCn1ccnc1)c1ccc(F)cc1. The minimum atomic E-state index is -0.567. The molecule has 22 heavy (non-hydrogen) atoms. The summed E-state index contributed by atoms with van der Waals surface area (Å²) in [6, 6.07) is 5.90. The van der Waals surface area contributed by atoms with Crippen LogP contribution in [0.15, 0.2) is 43.0 Å². The van der Waals surface area contributed by atoms with E-state index in [9.17, 15) is 9.18 Å². The van der Waals surface area contributed by atoms with Crippen molar-refractivity contribution in [2.45, 2.75) is 32.4 Å². The van der Waals surface area contributed by atoms with Crippen molar-refractivity contribution in [1.29, 1.82) is 0 Å². The molecule has 1 aromatic heterocycles. The number of carbonyl (C=O) groups excluding carboxylic acids is 1. The Morgan fingerprint density at radius 3 is 2.68 bits per heavy atom. The molecule has 0 fully saturated rings. The molecule has 5 nitrogen and oxygen atoms in total. The number of urea groups is 1. The van der Waals surface area contributed by atoms with Gasteiger partial charge in [0, 0.05) is 25.5 Å². The number of amides is 2. The Hall–Kier alpha value is -2.37. The molecule has 0 saturated heterocycles. The molecule has 0 spiro atoms. The van der Waals surface area contributed by atoms with E-state index in [0.29, 0.717) is 6.54 Å². The third-order valence-electron chi connectivity index (χ3n) is 3.43. The van der Waals surface area contributed by atoms with Crippen molar-refractivity contribution in [2.24, 2.45) is 0 Å². The number of hydrogen-bond donors (Lipinski definition) is 2. The van der Waals surface area contributed by atoms with Crippen LogP contribution in [0.1, 0.15) is 25.8 Å². The van der Waals surface area contributed by atoms with Gasteiger partial charge in [0.05, 0.1) is 11.9 Å². The minimum Gasteiger partial charge on any atom is -0.338 e. The average Bonchev–Trinajstić information content (AvgIpc) is 2.97. The number of aromatic nitrogens is 2. The van der Waals surface area contributed by atoms with Gasteiger partial charge in [-0.2, -0.15) is 0 Å². The van der Waals surface area contributed by atoms with Gasteiger partial charge in [0.1, 0.15) is 5.82 Å². The van der Waals surface area contributed by atoms with Gasteiger partial charge >= 0.3 is 6.03 Å². The number of halogens is 1. The molecule has 0 radical (unpaired) electrons. The van der Waals surface area contributed by atoms with Crippen LogP contribution in [0.4, 0.5) is 9.18 Å². The zero-order chi connectivity index (χ0) is 16.0. The fraction of sp³-hybridized carbons (Fsp3) is 0.375. The number of benzene rings is 1. The molecule has 6 heteroatoms. The molecule has 0 bridgehead atoms. The normalized spacial score (nSPS) is 11.2. The third-order valence-corrected chi connectivity index (χ3v) is 3.43. The lowest BCUT2D eigenvalue weighted by Crippen LogP contribution is -2.46. The second-order valence-electron chi connectivity index (χ2n) is 5.67. The van der Waals surface area contributed by atoms with E-state index in [1.807, 2.05) is 24.6 Å². The second kappa shape index (κ2) is 7.06. The molecule has 2 N–H and O–H groups in total. The molecular formula is C16H21FN4O. The van der Waals surface area contributed by atoms with E-state index >= 15 is 0 Å². The Balaban J connectivity index is 1.76. The highest BCUT2D eigenvalue weighted by atomic mass is 19.1. The monoisotopic (exact) mass is 304 g/mol. The minimum absolute atomic E-state index is 0.236. The van der Waals surface area contributed by atoms with Crippen molar-refractivity contribution in [3.05, 3.63) is 54.4 Å². The Kier molecular flexibility index (Phi) is 5.14. The lowest BCUT2D eigenvalue weighted by molar-refractivity contribution is 0.229. The molecule has 0 aliphatic heterocycles. The number of carbonyl (C=O) groups is 1. The maximum absolute atomic E-state index is 13.0. The summed E-state index contributed by atoms with van der Waals surface area (Å²) in [5.41, 5.74) is 0.282. The highest BCUT2D eigenvalue weighted by molar-refractivity contribution is 5.74. The van der Waals surface area contributed by atoms with Crippen LogP contribution in [0.5, 0.6) is 0 Å². The maximum atomic E-state index is 13.0. The van der Waals surface area contributed by atoms with Crippen LogP contribution in [0.25, 0.3) is 0 Å². The summed E-state index contributed by atoms with van der Waals surface area (Å²) in [4.78, 5) is 15.9. The molecule has 0 aliphatic carbocycles. The van der Waals surface area contributed by atoms with Crippen LogP contribution in [0.3, 0.4) is 0 Å². The summed E-state index contributed by atoms with van der Waals surface area (Å²) in [5, 5.41) is 5.72. The highest BCUT2D eigenvalue weighted by Crippen LogP contribution is 2.19. The van der Waals surface area contributed by atoms with Crippen LogP contribution in [-0.2, 0) is 12.1 Å². The molecule has 0 saturated carbocycles. The van der Waals surface area contributed by atoms with E-state index in [1.165, 1.54) is 12.1 Å². The van der Waals surface area contributed by atoms with Crippen molar-refractivity contribution in [3.8, 4) is 0 Å². The summed E-state index contributed by atoms with van der Waals surface area (Å²) in [7, 11) is 0. The van der Waals surface area contributed by atoms with Crippen LogP contribution >= 0.6 is 0 Å². The zero-order valence-electron chi connectivity index (χ0n) is 12.8. The Morgan fingerprint density at radius 1 is 1.32 bits per heavy atom. The van der Waals surface area contributed by atoms with Crippen molar-refractivity contribution in [3.63, 3.8) is 0 Å². The van der Waals surface area contributed by atoms with Crippen LogP contribution in [0.2, 0.25) is 0 Å². The molecule has 1 heterocycles. The van der Waals surface area contributed by atoms with Gasteiger partial charge in [-0.1, -0.05) is 12.1 Å². The Bertz CT molecular complexity index is 593. The topological polar surface area (TPSA) is 59.0 Å². The maximum Gasteiger partial charge on any atom is 0.315 e. The zero-order valence-corrected chi connectivity index (χ0v) is 12.8. The molecule has 0 aliphatic rings. The number of nitrogens with one attached hydrogen (secondary N) is 2. The standard InChI is InChI=1S/C16H21FN4O/c1-16(2,13-4-6-14(17)7-5-13)20-15(22)19-8-3-10-21-11-9-18-12-21/h4-7,9,11-12H,3,8,10H2,1-2H3,(H2,19,20,22). The quantitative estimate of drug-likeness (QED) is 0.806. The fourth-order valence-electron chi connectivity index (χ4n) is 2.15. The van der Waals surface area contributed by atoms with E-state index in [-0.39, 0.29) is 11.8 Å². The summed E-state index contributed by atoms with van der Waals surface area (Å²) >= 11 is 0. The molecule has 0 atom stereocenters. The number of nitrogens with zero attached hydrogens (tertiary/aromatic N) is 2. The summed E-state index contributed by atoms with van der Waals surface area (Å²) in [6.07, 6.45) is 6.18. The van der Waals surface area contributed by atoms with Crippen molar-refractivity contribution < 1.29 is 9.18 Å². The lowest BCUT2D eigenvalue weighted by atomic mass is 9.94. The van der Waals surface area contributed by atoms with Gasteiger partial charge in [-0.25, -0.2) is 14.2 Å². The Labute approximate surface area is 129 Å². The first-order chi connectivity index (χ1) is 10.5.